The van der Waals surface area contributed by atoms with Gasteiger partial charge in [-0.2, -0.15) is 0 Å². The molecule has 0 aliphatic carbocycles. The van der Waals surface area contributed by atoms with E-state index in [0.29, 0.717) is 11.7 Å². The first-order valence-electron chi connectivity index (χ1n) is 7.00. The highest BCUT2D eigenvalue weighted by atomic mass is 16.5. The van der Waals surface area contributed by atoms with E-state index in [0.717, 1.165) is 31.9 Å². The molecule has 3 rings (SSSR count). The summed E-state index contributed by atoms with van der Waals surface area (Å²) in [5, 5.41) is 3.40. The van der Waals surface area contributed by atoms with Crippen molar-refractivity contribution < 1.29 is 4.74 Å². The molecule has 21 heavy (non-hydrogen) atoms. The molecule has 7 nitrogen and oxygen atoms in total. The largest absolute Gasteiger partial charge is 0.478 e. The Hall–Kier alpha value is -2.44. The van der Waals surface area contributed by atoms with Crippen molar-refractivity contribution in [3.8, 4) is 5.88 Å². The lowest BCUT2D eigenvalue weighted by Crippen LogP contribution is -2.43. The topological polar surface area (TPSA) is 76.1 Å². The minimum Gasteiger partial charge on any atom is -0.478 e. The Balaban J connectivity index is 1.69. The highest BCUT2D eigenvalue weighted by Crippen LogP contribution is 2.22. The Morgan fingerprint density at radius 3 is 2.76 bits per heavy atom. The SMILES string of the molecule is COc1nccnc1NC1CCCN(c2ncccn2)C1. The summed E-state index contributed by atoms with van der Waals surface area (Å²) in [7, 11) is 1.60. The van der Waals surface area contributed by atoms with Gasteiger partial charge in [0.25, 0.3) is 5.88 Å². The zero-order chi connectivity index (χ0) is 14.5. The molecular weight excluding hydrogens is 268 g/mol. The fourth-order valence-electron chi connectivity index (χ4n) is 2.50. The average Bonchev–Trinajstić information content (AvgIpc) is 2.56. The van der Waals surface area contributed by atoms with Gasteiger partial charge in [0.05, 0.1) is 7.11 Å². The molecule has 0 saturated carbocycles. The summed E-state index contributed by atoms with van der Waals surface area (Å²) >= 11 is 0. The standard InChI is InChI=1S/C14H18N6O/c1-21-13-12(15-7-8-16-13)19-11-4-2-9-20(10-11)14-17-5-3-6-18-14/h3,5-8,11H,2,4,9-10H2,1H3,(H,15,19). The normalized spacial score (nSPS) is 18.3. The number of ether oxygens (including phenoxy) is 1. The molecule has 7 heteroatoms. The van der Waals surface area contributed by atoms with Gasteiger partial charge in [-0.15, -0.1) is 0 Å². The van der Waals surface area contributed by atoms with Crippen molar-refractivity contribution in [2.75, 3.05) is 30.4 Å². The molecule has 1 fully saturated rings. The lowest BCUT2D eigenvalue weighted by molar-refractivity contribution is 0.396. The zero-order valence-corrected chi connectivity index (χ0v) is 11.9. The summed E-state index contributed by atoms with van der Waals surface area (Å²) in [5.41, 5.74) is 0. The molecule has 0 aromatic carbocycles. The Kier molecular flexibility index (Phi) is 4.09. The maximum atomic E-state index is 5.22. The monoisotopic (exact) mass is 286 g/mol. The molecule has 1 unspecified atom stereocenters. The average molecular weight is 286 g/mol. The van der Waals surface area contributed by atoms with E-state index in [1.54, 1.807) is 31.9 Å². The second kappa shape index (κ2) is 6.34. The smallest absolute Gasteiger partial charge is 0.257 e. The van der Waals surface area contributed by atoms with Crippen molar-refractivity contribution in [3.05, 3.63) is 30.9 Å². The van der Waals surface area contributed by atoms with E-state index in [4.69, 9.17) is 4.74 Å². The number of nitrogens with one attached hydrogen (secondary N) is 1. The number of hydrogen-bond acceptors (Lipinski definition) is 7. The summed E-state index contributed by atoms with van der Waals surface area (Å²) in [6.07, 6.45) is 8.97. The molecule has 3 heterocycles. The van der Waals surface area contributed by atoms with Gasteiger partial charge in [0, 0.05) is 43.9 Å². The summed E-state index contributed by atoms with van der Waals surface area (Å²) in [4.78, 5) is 19.3. The third-order valence-corrected chi connectivity index (χ3v) is 3.46. The van der Waals surface area contributed by atoms with Gasteiger partial charge in [-0.3, -0.25) is 0 Å². The van der Waals surface area contributed by atoms with Gasteiger partial charge in [0.2, 0.25) is 5.95 Å². The summed E-state index contributed by atoms with van der Waals surface area (Å²) in [5.74, 6) is 1.97. The van der Waals surface area contributed by atoms with E-state index in [-0.39, 0.29) is 6.04 Å². The molecule has 0 bridgehead atoms. The van der Waals surface area contributed by atoms with Gasteiger partial charge in [0.1, 0.15) is 0 Å². The van der Waals surface area contributed by atoms with Gasteiger partial charge < -0.3 is 15.0 Å². The van der Waals surface area contributed by atoms with E-state index in [1.807, 2.05) is 6.07 Å². The number of nitrogens with zero attached hydrogens (tertiary/aromatic N) is 5. The lowest BCUT2D eigenvalue weighted by Gasteiger charge is -2.33. The Bertz CT molecular complexity index is 579. The van der Waals surface area contributed by atoms with E-state index < -0.39 is 0 Å². The molecule has 1 N–H and O–H groups in total. The van der Waals surface area contributed by atoms with Crippen molar-refractivity contribution in [3.63, 3.8) is 0 Å². The van der Waals surface area contributed by atoms with Gasteiger partial charge in [-0.25, -0.2) is 19.9 Å². The minimum atomic E-state index is 0.271. The Labute approximate surface area is 123 Å². The zero-order valence-electron chi connectivity index (χ0n) is 11.9. The van der Waals surface area contributed by atoms with Crippen LogP contribution in [0.5, 0.6) is 5.88 Å². The number of aromatic nitrogens is 4. The maximum Gasteiger partial charge on any atom is 0.257 e. The first-order chi connectivity index (χ1) is 10.4. The van der Waals surface area contributed by atoms with Crippen LogP contribution in [0.25, 0.3) is 0 Å². The fraction of sp³-hybridized carbons (Fsp3) is 0.429. The fourth-order valence-corrected chi connectivity index (χ4v) is 2.50. The van der Waals surface area contributed by atoms with E-state index >= 15 is 0 Å². The highest BCUT2D eigenvalue weighted by Gasteiger charge is 2.22. The second-order valence-corrected chi connectivity index (χ2v) is 4.89. The van der Waals surface area contributed by atoms with Crippen LogP contribution < -0.4 is 15.0 Å². The van der Waals surface area contributed by atoms with Crippen LogP contribution in [0.3, 0.4) is 0 Å². The highest BCUT2D eigenvalue weighted by molar-refractivity contribution is 5.46. The maximum absolute atomic E-state index is 5.22. The van der Waals surface area contributed by atoms with Crippen LogP contribution in [-0.2, 0) is 0 Å². The molecule has 1 saturated heterocycles. The van der Waals surface area contributed by atoms with Crippen molar-refractivity contribution in [1.29, 1.82) is 0 Å². The van der Waals surface area contributed by atoms with E-state index in [1.165, 1.54) is 0 Å². The number of hydrogen-bond donors (Lipinski definition) is 1. The van der Waals surface area contributed by atoms with Gasteiger partial charge in [-0.05, 0) is 18.9 Å². The van der Waals surface area contributed by atoms with Gasteiger partial charge in [0.15, 0.2) is 5.82 Å². The minimum absolute atomic E-state index is 0.271. The van der Waals surface area contributed by atoms with Crippen LogP contribution in [0.4, 0.5) is 11.8 Å². The third-order valence-electron chi connectivity index (χ3n) is 3.46. The third kappa shape index (κ3) is 3.18. The van der Waals surface area contributed by atoms with Crippen LogP contribution >= 0.6 is 0 Å². The van der Waals surface area contributed by atoms with Crippen LogP contribution in [0.15, 0.2) is 30.9 Å². The molecule has 110 valence electrons. The van der Waals surface area contributed by atoms with Crippen molar-refractivity contribution in [2.24, 2.45) is 0 Å². The van der Waals surface area contributed by atoms with Crippen molar-refractivity contribution >= 4 is 11.8 Å². The Morgan fingerprint density at radius 1 is 1.14 bits per heavy atom. The molecule has 0 amide bonds. The first kappa shape index (κ1) is 13.5. The summed E-state index contributed by atoms with van der Waals surface area (Å²) in [6, 6.07) is 2.10. The van der Waals surface area contributed by atoms with Crippen molar-refractivity contribution in [1.82, 2.24) is 19.9 Å². The van der Waals surface area contributed by atoms with Gasteiger partial charge in [-0.1, -0.05) is 0 Å². The summed E-state index contributed by atoms with van der Waals surface area (Å²) in [6.45, 7) is 1.81. The molecule has 0 spiro atoms. The summed E-state index contributed by atoms with van der Waals surface area (Å²) < 4.78 is 5.22. The predicted molar refractivity (Wildman–Crippen MR) is 79.5 cm³/mol. The van der Waals surface area contributed by atoms with Gasteiger partial charge >= 0.3 is 0 Å². The van der Waals surface area contributed by atoms with E-state index in [9.17, 15) is 0 Å². The molecule has 0 radical (unpaired) electrons. The number of rotatable bonds is 4. The molecule has 1 atom stereocenters. The second-order valence-electron chi connectivity index (χ2n) is 4.89. The van der Waals surface area contributed by atoms with Crippen LogP contribution in [0.1, 0.15) is 12.8 Å². The van der Waals surface area contributed by atoms with E-state index in [2.05, 4.69) is 30.2 Å². The number of piperidine rings is 1. The van der Waals surface area contributed by atoms with Crippen LogP contribution in [-0.4, -0.2) is 46.2 Å². The number of methoxy groups -OCH3 is 1. The predicted octanol–water partition coefficient (Wildman–Crippen LogP) is 1.36. The lowest BCUT2D eigenvalue weighted by atomic mass is 10.1. The first-order valence-corrected chi connectivity index (χ1v) is 7.00. The van der Waals surface area contributed by atoms with Crippen molar-refractivity contribution in [2.45, 2.75) is 18.9 Å². The number of anilines is 2. The van der Waals surface area contributed by atoms with Crippen LogP contribution in [0, 0.1) is 0 Å². The molecular formula is C14H18N6O. The molecule has 1 aliphatic heterocycles. The quantitative estimate of drug-likeness (QED) is 0.909. The molecule has 2 aromatic rings. The molecule has 1 aliphatic rings. The molecule has 2 aromatic heterocycles. The van der Waals surface area contributed by atoms with Crippen LogP contribution in [0.2, 0.25) is 0 Å². The Morgan fingerprint density at radius 2 is 1.95 bits per heavy atom.